The minimum Gasteiger partial charge on any atom is -0.497 e. The average Bonchev–Trinajstić information content (AvgIpc) is 2.74. The summed E-state index contributed by atoms with van der Waals surface area (Å²) in [6, 6.07) is 23.7. The van der Waals surface area contributed by atoms with Crippen LogP contribution in [-0.4, -0.2) is 19.1 Å². The maximum atomic E-state index is 12.8. The summed E-state index contributed by atoms with van der Waals surface area (Å²) in [6.07, 6.45) is 0.471. The molecule has 1 N–H and O–H groups in total. The molecule has 3 aromatic rings. The zero-order valence-electron chi connectivity index (χ0n) is 18.0. The summed E-state index contributed by atoms with van der Waals surface area (Å²) in [5.74, 6) is 1.51. The quantitative estimate of drug-likeness (QED) is 0.505. The third-order valence-electron chi connectivity index (χ3n) is 4.90. The van der Waals surface area contributed by atoms with Crippen LogP contribution in [0.3, 0.4) is 0 Å². The third-order valence-corrected chi connectivity index (χ3v) is 4.90. The second-order valence-corrected chi connectivity index (χ2v) is 7.68. The summed E-state index contributed by atoms with van der Waals surface area (Å²) in [4.78, 5) is 12.8. The van der Waals surface area contributed by atoms with Crippen molar-refractivity contribution in [1.82, 2.24) is 0 Å². The third kappa shape index (κ3) is 5.86. The van der Waals surface area contributed by atoms with Gasteiger partial charge in [-0.25, -0.2) is 0 Å². The number of rotatable bonds is 8. The lowest BCUT2D eigenvalue weighted by molar-refractivity contribution is -0.116. The summed E-state index contributed by atoms with van der Waals surface area (Å²) in [7, 11) is 1.62. The molecule has 0 aliphatic heterocycles. The fraction of sp³-hybridized carbons (Fsp3) is 0.269. The molecule has 1 atom stereocenters. The van der Waals surface area contributed by atoms with Gasteiger partial charge < -0.3 is 14.8 Å². The summed E-state index contributed by atoms with van der Waals surface area (Å²) < 4.78 is 10.9. The lowest BCUT2D eigenvalue weighted by atomic mass is 9.88. The molecule has 0 bridgehead atoms. The Morgan fingerprint density at radius 2 is 1.37 bits per heavy atom. The van der Waals surface area contributed by atoms with Gasteiger partial charge in [-0.05, 0) is 68.3 Å². The number of anilines is 1. The van der Waals surface area contributed by atoms with Gasteiger partial charge >= 0.3 is 0 Å². The summed E-state index contributed by atoms with van der Waals surface area (Å²) in [5.41, 5.74) is 4.15. The van der Waals surface area contributed by atoms with E-state index in [-0.39, 0.29) is 17.9 Å². The molecule has 4 nitrogen and oxygen atoms in total. The standard InChI is InChI=1S/C26H29NO3/c1-18(2)30-24-13-9-21(10-14-24)25(20-7-5-19(3)6-8-20)17-26(28)27-22-11-15-23(29-4)16-12-22/h5-16,18,25H,17H2,1-4H3,(H,27,28). The monoisotopic (exact) mass is 403 g/mol. The van der Waals surface area contributed by atoms with Crippen LogP contribution in [0.15, 0.2) is 72.8 Å². The largest absolute Gasteiger partial charge is 0.497 e. The second-order valence-electron chi connectivity index (χ2n) is 7.68. The molecule has 0 spiro atoms. The minimum absolute atomic E-state index is 0.0340. The van der Waals surface area contributed by atoms with E-state index in [1.54, 1.807) is 7.11 Å². The highest BCUT2D eigenvalue weighted by Crippen LogP contribution is 2.30. The van der Waals surface area contributed by atoms with Crippen LogP contribution in [0.4, 0.5) is 5.69 Å². The van der Waals surface area contributed by atoms with Crippen LogP contribution in [-0.2, 0) is 4.79 Å². The van der Waals surface area contributed by atoms with Crippen LogP contribution in [0.5, 0.6) is 11.5 Å². The fourth-order valence-corrected chi connectivity index (χ4v) is 3.35. The number of methoxy groups -OCH3 is 1. The lowest BCUT2D eigenvalue weighted by Gasteiger charge is -2.19. The first kappa shape index (κ1) is 21.4. The van der Waals surface area contributed by atoms with Crippen molar-refractivity contribution in [2.45, 2.75) is 39.2 Å². The Morgan fingerprint density at radius 3 is 1.90 bits per heavy atom. The Kier molecular flexibility index (Phi) is 7.12. The van der Waals surface area contributed by atoms with Crippen molar-refractivity contribution in [3.8, 4) is 11.5 Å². The highest BCUT2D eigenvalue weighted by atomic mass is 16.5. The van der Waals surface area contributed by atoms with Crippen molar-refractivity contribution in [2.24, 2.45) is 0 Å². The minimum atomic E-state index is -0.0445. The highest BCUT2D eigenvalue weighted by molar-refractivity contribution is 5.91. The van der Waals surface area contributed by atoms with Gasteiger partial charge in [0.05, 0.1) is 13.2 Å². The first-order valence-electron chi connectivity index (χ1n) is 10.2. The van der Waals surface area contributed by atoms with Crippen molar-refractivity contribution in [2.75, 3.05) is 12.4 Å². The molecular formula is C26H29NO3. The first-order chi connectivity index (χ1) is 14.4. The van der Waals surface area contributed by atoms with Crippen LogP contribution in [0.2, 0.25) is 0 Å². The number of amides is 1. The van der Waals surface area contributed by atoms with Crippen LogP contribution >= 0.6 is 0 Å². The van der Waals surface area contributed by atoms with Gasteiger partial charge in [0.15, 0.2) is 0 Å². The second kappa shape index (κ2) is 9.97. The maximum Gasteiger partial charge on any atom is 0.225 e. The summed E-state index contributed by atoms with van der Waals surface area (Å²) >= 11 is 0. The average molecular weight is 404 g/mol. The van der Waals surface area contributed by atoms with E-state index < -0.39 is 0 Å². The van der Waals surface area contributed by atoms with Crippen LogP contribution in [0.1, 0.15) is 42.9 Å². The van der Waals surface area contributed by atoms with Gasteiger partial charge in [-0.15, -0.1) is 0 Å². The Labute approximate surface area is 178 Å². The number of hydrogen-bond acceptors (Lipinski definition) is 3. The normalized spacial score (nSPS) is 11.8. The Hall–Kier alpha value is -3.27. The number of carbonyl (C=O) groups excluding carboxylic acids is 1. The zero-order chi connectivity index (χ0) is 21.5. The van der Waals surface area contributed by atoms with E-state index in [9.17, 15) is 4.79 Å². The molecule has 0 aliphatic rings. The number of ether oxygens (including phenoxy) is 2. The molecule has 0 fully saturated rings. The maximum absolute atomic E-state index is 12.8. The van der Waals surface area contributed by atoms with E-state index in [1.165, 1.54) is 5.56 Å². The number of benzene rings is 3. The molecule has 3 aromatic carbocycles. The Bertz CT molecular complexity index is 945. The SMILES string of the molecule is COc1ccc(NC(=O)CC(c2ccc(C)cc2)c2ccc(OC(C)C)cc2)cc1. The van der Waals surface area contributed by atoms with Gasteiger partial charge in [0.1, 0.15) is 11.5 Å². The smallest absolute Gasteiger partial charge is 0.225 e. The summed E-state index contributed by atoms with van der Waals surface area (Å²) in [6.45, 7) is 6.08. The van der Waals surface area contributed by atoms with Crippen molar-refractivity contribution < 1.29 is 14.3 Å². The van der Waals surface area contributed by atoms with Crippen molar-refractivity contribution >= 4 is 11.6 Å². The van der Waals surface area contributed by atoms with E-state index in [0.717, 1.165) is 28.3 Å². The molecule has 4 heteroatoms. The van der Waals surface area contributed by atoms with Crippen molar-refractivity contribution in [3.63, 3.8) is 0 Å². The molecule has 1 amide bonds. The van der Waals surface area contributed by atoms with E-state index in [2.05, 4.69) is 36.5 Å². The van der Waals surface area contributed by atoms with Gasteiger partial charge in [0.2, 0.25) is 5.91 Å². The molecular weight excluding hydrogens is 374 g/mol. The van der Waals surface area contributed by atoms with E-state index in [4.69, 9.17) is 9.47 Å². The number of carbonyl (C=O) groups is 1. The van der Waals surface area contributed by atoms with Crippen molar-refractivity contribution in [3.05, 3.63) is 89.5 Å². The zero-order valence-corrected chi connectivity index (χ0v) is 18.0. The number of nitrogens with one attached hydrogen (secondary N) is 1. The molecule has 0 saturated heterocycles. The predicted octanol–water partition coefficient (Wildman–Crippen LogP) is 5.95. The van der Waals surface area contributed by atoms with Gasteiger partial charge in [-0.2, -0.15) is 0 Å². The van der Waals surface area contributed by atoms with E-state index in [1.807, 2.05) is 62.4 Å². The van der Waals surface area contributed by atoms with Gasteiger partial charge in [0.25, 0.3) is 0 Å². The molecule has 0 heterocycles. The van der Waals surface area contributed by atoms with Crippen LogP contribution in [0, 0.1) is 6.92 Å². The molecule has 0 radical (unpaired) electrons. The summed E-state index contributed by atoms with van der Waals surface area (Å²) in [5, 5.41) is 2.99. The van der Waals surface area contributed by atoms with E-state index in [0.29, 0.717) is 6.42 Å². The Morgan fingerprint density at radius 1 is 0.833 bits per heavy atom. The van der Waals surface area contributed by atoms with Gasteiger partial charge in [-0.1, -0.05) is 42.0 Å². The molecule has 156 valence electrons. The highest BCUT2D eigenvalue weighted by Gasteiger charge is 2.19. The molecule has 0 aromatic heterocycles. The van der Waals surface area contributed by atoms with Crippen molar-refractivity contribution in [1.29, 1.82) is 0 Å². The number of hydrogen-bond donors (Lipinski definition) is 1. The molecule has 0 aliphatic carbocycles. The topological polar surface area (TPSA) is 47.6 Å². The van der Waals surface area contributed by atoms with Crippen LogP contribution in [0.25, 0.3) is 0 Å². The lowest BCUT2D eigenvalue weighted by Crippen LogP contribution is -2.16. The van der Waals surface area contributed by atoms with Gasteiger partial charge in [0, 0.05) is 18.0 Å². The molecule has 30 heavy (non-hydrogen) atoms. The predicted molar refractivity (Wildman–Crippen MR) is 121 cm³/mol. The number of aryl methyl sites for hydroxylation is 1. The Balaban J connectivity index is 1.80. The molecule has 3 rings (SSSR count). The molecule has 1 unspecified atom stereocenters. The molecule has 0 saturated carbocycles. The van der Waals surface area contributed by atoms with Gasteiger partial charge in [-0.3, -0.25) is 4.79 Å². The first-order valence-corrected chi connectivity index (χ1v) is 10.2. The van der Waals surface area contributed by atoms with Crippen LogP contribution < -0.4 is 14.8 Å². The van der Waals surface area contributed by atoms with E-state index >= 15 is 0 Å². The fourth-order valence-electron chi connectivity index (χ4n) is 3.35.